The Labute approximate surface area is 147 Å². The molecule has 1 heterocycles. The van der Waals surface area contributed by atoms with E-state index in [9.17, 15) is 0 Å². The Morgan fingerprint density at radius 2 is 1.88 bits per heavy atom. The quantitative estimate of drug-likeness (QED) is 0.645. The number of benzene rings is 2. The van der Waals surface area contributed by atoms with Crippen LogP contribution in [0.5, 0.6) is 5.75 Å². The van der Waals surface area contributed by atoms with Crippen molar-refractivity contribution in [1.82, 2.24) is 10.2 Å². The van der Waals surface area contributed by atoms with Crippen molar-refractivity contribution in [3.05, 3.63) is 54.2 Å². The molecule has 5 nitrogen and oxygen atoms in total. The van der Waals surface area contributed by atoms with E-state index in [0.29, 0.717) is 24.5 Å². The monoisotopic (exact) mass is 338 g/mol. The van der Waals surface area contributed by atoms with Crippen molar-refractivity contribution in [3.8, 4) is 5.75 Å². The summed E-state index contributed by atoms with van der Waals surface area (Å²) in [6, 6.07) is 14.2. The highest BCUT2D eigenvalue weighted by molar-refractivity contribution is 5.83. The molecule has 0 N–H and O–H groups in total. The van der Waals surface area contributed by atoms with E-state index in [0.717, 1.165) is 24.0 Å². The van der Waals surface area contributed by atoms with Gasteiger partial charge in [-0.2, -0.15) is 0 Å². The molecule has 1 aliphatic rings. The van der Waals surface area contributed by atoms with Gasteiger partial charge in [0.2, 0.25) is 5.89 Å². The summed E-state index contributed by atoms with van der Waals surface area (Å²) in [5.74, 6) is 1.77. The number of ether oxygens (including phenoxy) is 2. The Kier molecular flexibility index (Phi) is 4.65. The first-order chi connectivity index (χ1) is 12.3. The van der Waals surface area contributed by atoms with Crippen LogP contribution >= 0.6 is 0 Å². The third-order valence-corrected chi connectivity index (χ3v) is 4.61. The van der Waals surface area contributed by atoms with E-state index in [1.165, 1.54) is 18.2 Å². The molecule has 1 fully saturated rings. The highest BCUT2D eigenvalue weighted by Crippen LogP contribution is 2.26. The largest absolute Gasteiger partial charge is 0.481 e. The summed E-state index contributed by atoms with van der Waals surface area (Å²) < 4.78 is 17.5. The van der Waals surface area contributed by atoms with Crippen LogP contribution in [0.1, 0.15) is 50.5 Å². The molecular formula is C20H22N2O3. The number of rotatable bonds is 6. The fraction of sp³-hybridized carbons (Fsp3) is 0.400. The van der Waals surface area contributed by atoms with Crippen LogP contribution in [0.25, 0.3) is 10.8 Å². The molecule has 130 valence electrons. The second-order valence-corrected chi connectivity index (χ2v) is 6.52. The second kappa shape index (κ2) is 7.23. The van der Waals surface area contributed by atoms with Gasteiger partial charge in [0.05, 0.1) is 6.10 Å². The molecule has 0 radical (unpaired) electrons. The van der Waals surface area contributed by atoms with Crippen LogP contribution in [0, 0.1) is 0 Å². The maximum atomic E-state index is 5.96. The molecule has 1 aromatic heterocycles. The zero-order valence-corrected chi connectivity index (χ0v) is 14.4. The van der Waals surface area contributed by atoms with E-state index in [2.05, 4.69) is 22.3 Å². The van der Waals surface area contributed by atoms with Gasteiger partial charge in [-0.1, -0.05) is 43.2 Å². The maximum absolute atomic E-state index is 5.96. The van der Waals surface area contributed by atoms with Gasteiger partial charge in [-0.15, -0.1) is 10.2 Å². The average Bonchev–Trinajstić information content (AvgIpc) is 3.31. The van der Waals surface area contributed by atoms with E-state index >= 15 is 0 Å². The summed E-state index contributed by atoms with van der Waals surface area (Å²) >= 11 is 0. The first-order valence-corrected chi connectivity index (χ1v) is 8.87. The Morgan fingerprint density at radius 3 is 2.72 bits per heavy atom. The Bertz CT molecular complexity index is 840. The van der Waals surface area contributed by atoms with Crippen molar-refractivity contribution in [2.24, 2.45) is 0 Å². The summed E-state index contributed by atoms with van der Waals surface area (Å²) in [6.45, 7) is 2.28. The number of nitrogens with zero attached hydrogens (tertiary/aromatic N) is 2. The van der Waals surface area contributed by atoms with Gasteiger partial charge in [0, 0.05) is 0 Å². The minimum absolute atomic E-state index is 0.311. The highest BCUT2D eigenvalue weighted by Gasteiger charge is 2.19. The lowest BCUT2D eigenvalue weighted by atomic mass is 10.1. The van der Waals surface area contributed by atoms with E-state index in [1.54, 1.807) is 0 Å². The van der Waals surface area contributed by atoms with Gasteiger partial charge in [-0.25, -0.2) is 0 Å². The summed E-state index contributed by atoms with van der Waals surface area (Å²) in [7, 11) is 0. The molecule has 0 spiro atoms. The standard InChI is InChI=1S/C20H22N2O3/c1-14(24-18-11-10-15-6-2-3-7-16(15)12-18)20-22-21-19(25-20)13-23-17-8-4-5-9-17/h2-3,6-7,10-12,14,17H,4-5,8-9,13H2,1H3. The van der Waals surface area contributed by atoms with E-state index in [4.69, 9.17) is 13.9 Å². The molecule has 1 atom stereocenters. The predicted molar refractivity (Wildman–Crippen MR) is 94.3 cm³/mol. The molecule has 4 rings (SSSR count). The first-order valence-electron chi connectivity index (χ1n) is 8.87. The third-order valence-electron chi connectivity index (χ3n) is 4.61. The molecule has 3 aromatic rings. The van der Waals surface area contributed by atoms with Crippen LogP contribution in [0.2, 0.25) is 0 Å². The zero-order chi connectivity index (χ0) is 17.1. The molecule has 0 amide bonds. The lowest BCUT2D eigenvalue weighted by molar-refractivity contribution is 0.0316. The van der Waals surface area contributed by atoms with Crippen molar-refractivity contribution in [2.45, 2.75) is 51.4 Å². The van der Waals surface area contributed by atoms with Gasteiger partial charge in [0.25, 0.3) is 5.89 Å². The van der Waals surface area contributed by atoms with Crippen LogP contribution in [0.15, 0.2) is 46.9 Å². The Morgan fingerprint density at radius 1 is 1.08 bits per heavy atom. The van der Waals surface area contributed by atoms with Gasteiger partial charge in [0.15, 0.2) is 6.10 Å². The predicted octanol–water partition coefficient (Wildman–Crippen LogP) is 4.82. The van der Waals surface area contributed by atoms with Crippen LogP contribution in [-0.4, -0.2) is 16.3 Å². The van der Waals surface area contributed by atoms with Gasteiger partial charge >= 0.3 is 0 Å². The van der Waals surface area contributed by atoms with Crippen LogP contribution < -0.4 is 4.74 Å². The SMILES string of the molecule is CC(Oc1ccc2ccccc2c1)c1nnc(COC2CCCC2)o1. The fourth-order valence-electron chi connectivity index (χ4n) is 3.23. The van der Waals surface area contributed by atoms with Crippen molar-refractivity contribution < 1.29 is 13.9 Å². The average molecular weight is 338 g/mol. The molecule has 0 bridgehead atoms. The van der Waals surface area contributed by atoms with Crippen LogP contribution in [0.4, 0.5) is 0 Å². The number of aromatic nitrogens is 2. The van der Waals surface area contributed by atoms with Gasteiger partial charge < -0.3 is 13.9 Å². The second-order valence-electron chi connectivity index (χ2n) is 6.52. The third kappa shape index (κ3) is 3.82. The smallest absolute Gasteiger partial charge is 0.256 e. The molecule has 0 saturated heterocycles. The minimum Gasteiger partial charge on any atom is -0.481 e. The lowest BCUT2D eigenvalue weighted by Crippen LogP contribution is -2.07. The van der Waals surface area contributed by atoms with Crippen LogP contribution in [-0.2, 0) is 11.3 Å². The topological polar surface area (TPSA) is 57.4 Å². The van der Waals surface area contributed by atoms with Crippen molar-refractivity contribution in [1.29, 1.82) is 0 Å². The molecular weight excluding hydrogens is 316 g/mol. The zero-order valence-electron chi connectivity index (χ0n) is 14.4. The molecule has 5 heteroatoms. The fourth-order valence-corrected chi connectivity index (χ4v) is 3.23. The molecule has 2 aromatic carbocycles. The van der Waals surface area contributed by atoms with E-state index in [-0.39, 0.29) is 6.10 Å². The first kappa shape index (κ1) is 16.1. The van der Waals surface area contributed by atoms with E-state index in [1.807, 2.05) is 37.3 Å². The lowest BCUT2D eigenvalue weighted by Gasteiger charge is -2.11. The van der Waals surface area contributed by atoms with Gasteiger partial charge in [0.1, 0.15) is 12.4 Å². The number of fused-ring (bicyclic) bond motifs is 1. The van der Waals surface area contributed by atoms with Crippen molar-refractivity contribution in [3.63, 3.8) is 0 Å². The maximum Gasteiger partial charge on any atom is 0.256 e. The number of hydrogen-bond donors (Lipinski definition) is 0. The molecule has 0 aliphatic heterocycles. The molecule has 1 aliphatic carbocycles. The Hall–Kier alpha value is -2.40. The van der Waals surface area contributed by atoms with Crippen LogP contribution in [0.3, 0.4) is 0 Å². The molecule has 1 saturated carbocycles. The van der Waals surface area contributed by atoms with Gasteiger partial charge in [-0.3, -0.25) is 0 Å². The van der Waals surface area contributed by atoms with Crippen molar-refractivity contribution >= 4 is 10.8 Å². The summed E-state index contributed by atoms with van der Waals surface area (Å²) in [4.78, 5) is 0. The summed E-state index contributed by atoms with van der Waals surface area (Å²) in [5.41, 5.74) is 0. The number of hydrogen-bond acceptors (Lipinski definition) is 5. The highest BCUT2D eigenvalue weighted by atomic mass is 16.5. The molecule has 1 unspecified atom stereocenters. The molecule has 25 heavy (non-hydrogen) atoms. The van der Waals surface area contributed by atoms with Crippen molar-refractivity contribution in [2.75, 3.05) is 0 Å². The van der Waals surface area contributed by atoms with E-state index < -0.39 is 0 Å². The Balaban J connectivity index is 1.39. The summed E-state index contributed by atoms with van der Waals surface area (Å²) in [5, 5.41) is 10.5. The minimum atomic E-state index is -0.311. The normalized spacial score (nSPS) is 16.4. The summed E-state index contributed by atoms with van der Waals surface area (Å²) in [6.07, 6.45) is 4.77. The van der Waals surface area contributed by atoms with Gasteiger partial charge in [-0.05, 0) is 42.7 Å².